The van der Waals surface area contributed by atoms with E-state index >= 15 is 0 Å². The smallest absolute Gasteiger partial charge is 0.191 e. The Morgan fingerprint density at radius 3 is 2.76 bits per heavy atom. The van der Waals surface area contributed by atoms with Gasteiger partial charge in [-0.25, -0.2) is 4.99 Å². The molecule has 0 radical (unpaired) electrons. The van der Waals surface area contributed by atoms with Crippen LogP contribution in [0.4, 0.5) is 0 Å². The number of likely N-dealkylation sites (tertiary alicyclic amines) is 1. The zero-order valence-electron chi connectivity index (χ0n) is 18.4. The second-order valence-electron chi connectivity index (χ2n) is 7.92. The summed E-state index contributed by atoms with van der Waals surface area (Å²) in [6, 6.07) is 1.13. The van der Waals surface area contributed by atoms with Crippen LogP contribution in [0, 0.1) is 6.92 Å². The maximum absolute atomic E-state index is 4.86. The van der Waals surface area contributed by atoms with Gasteiger partial charge in [-0.05, 0) is 57.9 Å². The summed E-state index contributed by atoms with van der Waals surface area (Å²) in [5, 5.41) is 16.5. The lowest BCUT2D eigenvalue weighted by Crippen LogP contribution is -2.47. The van der Waals surface area contributed by atoms with E-state index in [2.05, 4.69) is 51.3 Å². The first kappa shape index (κ1) is 24.7. The number of likely N-dealkylation sites (N-methyl/N-ethyl adjacent to an activating group) is 1. The topological polar surface area (TPSA) is 70.4 Å². The molecule has 3 unspecified atom stereocenters. The molecule has 0 aromatic carbocycles. The van der Waals surface area contributed by atoms with Crippen LogP contribution in [-0.2, 0) is 13.6 Å². The van der Waals surface area contributed by atoms with Crippen LogP contribution in [0.25, 0.3) is 0 Å². The maximum Gasteiger partial charge on any atom is 0.191 e. The number of nitrogens with one attached hydrogen (secondary N) is 2. The van der Waals surface area contributed by atoms with Crippen LogP contribution in [0.1, 0.15) is 57.6 Å². The Morgan fingerprint density at radius 2 is 2.07 bits per heavy atom. The first-order chi connectivity index (χ1) is 13.6. The zero-order valence-corrected chi connectivity index (χ0v) is 21.5. The van der Waals surface area contributed by atoms with Gasteiger partial charge in [0.2, 0.25) is 0 Å². The Balaban J connectivity index is 0.00000300. The monoisotopic (exact) mass is 535 g/mol. The molecule has 1 aromatic rings. The molecule has 2 fully saturated rings. The molecule has 2 N–H and O–H groups in total. The highest BCUT2D eigenvalue weighted by atomic mass is 127. The minimum Gasteiger partial charge on any atom is -0.355 e. The Kier molecular flexibility index (Phi) is 10.5. The largest absolute Gasteiger partial charge is 0.355 e. The number of hydrogen-bond acceptors (Lipinski definition) is 5. The van der Waals surface area contributed by atoms with Crippen LogP contribution in [-0.4, -0.2) is 68.3 Å². The number of aryl methyl sites for hydroxylation is 1. The van der Waals surface area contributed by atoms with Crippen molar-refractivity contribution in [1.29, 1.82) is 0 Å². The predicted molar refractivity (Wildman–Crippen MR) is 133 cm³/mol. The fourth-order valence-corrected chi connectivity index (χ4v) is 5.44. The summed E-state index contributed by atoms with van der Waals surface area (Å²) < 4.78 is 2.01. The van der Waals surface area contributed by atoms with Crippen LogP contribution in [0.3, 0.4) is 0 Å². The minimum atomic E-state index is 0. The summed E-state index contributed by atoms with van der Waals surface area (Å²) in [4.78, 5) is 7.43. The first-order valence-corrected chi connectivity index (χ1v) is 11.9. The molecule has 3 atom stereocenters. The lowest BCUT2D eigenvalue weighted by atomic mass is 10.2. The van der Waals surface area contributed by atoms with Crippen molar-refractivity contribution in [2.75, 3.05) is 25.4 Å². The Labute approximate surface area is 197 Å². The van der Waals surface area contributed by atoms with Gasteiger partial charge in [-0.15, -0.1) is 34.2 Å². The fourth-order valence-electron chi connectivity index (χ4n) is 4.30. The van der Waals surface area contributed by atoms with Crippen LogP contribution in [0.2, 0.25) is 0 Å². The third-order valence-corrected chi connectivity index (χ3v) is 7.33. The van der Waals surface area contributed by atoms with Gasteiger partial charge in [-0.2, -0.15) is 11.8 Å². The summed E-state index contributed by atoms with van der Waals surface area (Å²) in [5.41, 5.74) is 0. The summed E-state index contributed by atoms with van der Waals surface area (Å²) in [7, 11) is 2.00. The van der Waals surface area contributed by atoms with E-state index in [0.717, 1.165) is 35.9 Å². The van der Waals surface area contributed by atoms with E-state index < -0.39 is 0 Å². The fraction of sp³-hybridized carbons (Fsp3) is 0.850. The molecule has 0 spiro atoms. The molecule has 1 aromatic heterocycles. The zero-order chi connectivity index (χ0) is 19.9. The average molecular weight is 536 g/mol. The SMILES string of the molecule is CCSC1CCC(NC(=NCc2nnc(C)n2C)NCC2CCCN2CC)C1.I. The van der Waals surface area contributed by atoms with E-state index in [1.165, 1.54) is 44.4 Å². The number of halogens is 1. The molecule has 166 valence electrons. The van der Waals surface area contributed by atoms with Crippen LogP contribution in [0.15, 0.2) is 4.99 Å². The van der Waals surface area contributed by atoms with Gasteiger partial charge in [0.25, 0.3) is 0 Å². The van der Waals surface area contributed by atoms with Crippen LogP contribution in [0.5, 0.6) is 0 Å². The second kappa shape index (κ2) is 12.3. The van der Waals surface area contributed by atoms with Gasteiger partial charge in [-0.1, -0.05) is 13.8 Å². The molecule has 0 amide bonds. The third kappa shape index (κ3) is 6.99. The summed E-state index contributed by atoms with van der Waals surface area (Å²) in [6.07, 6.45) is 6.34. The molecule has 3 rings (SSSR count). The van der Waals surface area contributed by atoms with Crippen LogP contribution >= 0.6 is 35.7 Å². The first-order valence-electron chi connectivity index (χ1n) is 10.9. The molecular weight excluding hydrogens is 497 g/mol. The predicted octanol–water partition coefficient (Wildman–Crippen LogP) is 2.94. The number of thioether (sulfide) groups is 1. The number of aromatic nitrogens is 3. The van der Waals surface area contributed by atoms with E-state index in [1.54, 1.807) is 0 Å². The molecule has 2 heterocycles. The molecule has 29 heavy (non-hydrogen) atoms. The van der Waals surface area contributed by atoms with Crippen molar-refractivity contribution in [1.82, 2.24) is 30.3 Å². The van der Waals surface area contributed by atoms with E-state index in [0.29, 0.717) is 18.6 Å². The molecule has 1 saturated carbocycles. The Morgan fingerprint density at radius 1 is 1.24 bits per heavy atom. The van der Waals surface area contributed by atoms with Crippen molar-refractivity contribution >= 4 is 41.7 Å². The molecule has 7 nitrogen and oxygen atoms in total. The Bertz CT molecular complexity index is 651. The van der Waals surface area contributed by atoms with Gasteiger partial charge >= 0.3 is 0 Å². The van der Waals surface area contributed by atoms with Gasteiger partial charge in [0.05, 0.1) is 0 Å². The molecule has 1 aliphatic heterocycles. The van der Waals surface area contributed by atoms with Gasteiger partial charge < -0.3 is 15.2 Å². The number of guanidine groups is 1. The molecular formula is C20H38IN7S. The van der Waals surface area contributed by atoms with E-state index in [-0.39, 0.29) is 24.0 Å². The summed E-state index contributed by atoms with van der Waals surface area (Å²) in [5.74, 6) is 3.96. The Hall–Kier alpha value is -0.550. The molecule has 1 saturated heterocycles. The summed E-state index contributed by atoms with van der Waals surface area (Å²) >= 11 is 2.09. The second-order valence-corrected chi connectivity index (χ2v) is 9.50. The van der Waals surface area contributed by atoms with Crippen molar-refractivity contribution < 1.29 is 0 Å². The van der Waals surface area contributed by atoms with Crippen LogP contribution < -0.4 is 10.6 Å². The van der Waals surface area contributed by atoms with Crippen molar-refractivity contribution in [3.63, 3.8) is 0 Å². The van der Waals surface area contributed by atoms with Crippen molar-refractivity contribution in [2.45, 2.75) is 76.8 Å². The van der Waals surface area contributed by atoms with Gasteiger partial charge in [0, 0.05) is 30.9 Å². The highest BCUT2D eigenvalue weighted by Gasteiger charge is 2.26. The maximum atomic E-state index is 4.86. The van der Waals surface area contributed by atoms with Gasteiger partial charge in [-0.3, -0.25) is 4.90 Å². The molecule has 2 aliphatic rings. The van der Waals surface area contributed by atoms with Crippen molar-refractivity contribution in [3.05, 3.63) is 11.6 Å². The van der Waals surface area contributed by atoms with Gasteiger partial charge in [0.1, 0.15) is 12.4 Å². The van der Waals surface area contributed by atoms with E-state index in [4.69, 9.17) is 4.99 Å². The number of hydrogen-bond donors (Lipinski definition) is 2. The highest BCUT2D eigenvalue weighted by molar-refractivity contribution is 14.0. The lowest BCUT2D eigenvalue weighted by molar-refractivity contribution is 0.266. The van der Waals surface area contributed by atoms with Gasteiger partial charge in [0.15, 0.2) is 11.8 Å². The number of nitrogens with zero attached hydrogens (tertiary/aromatic N) is 5. The average Bonchev–Trinajstić information content (AvgIpc) is 3.40. The summed E-state index contributed by atoms with van der Waals surface area (Å²) in [6.45, 7) is 10.3. The van der Waals surface area contributed by atoms with E-state index in [9.17, 15) is 0 Å². The van der Waals surface area contributed by atoms with E-state index in [1.807, 2.05) is 18.5 Å². The van der Waals surface area contributed by atoms with Crippen molar-refractivity contribution in [3.8, 4) is 0 Å². The highest BCUT2D eigenvalue weighted by Crippen LogP contribution is 2.29. The normalized spacial score (nSPS) is 25.2. The third-order valence-electron chi connectivity index (χ3n) is 6.10. The number of rotatable bonds is 8. The van der Waals surface area contributed by atoms with Crippen molar-refractivity contribution in [2.24, 2.45) is 12.0 Å². The lowest BCUT2D eigenvalue weighted by Gasteiger charge is -2.25. The molecule has 0 bridgehead atoms. The standard InChI is InChI=1S/C20H37N7S.HI/c1-5-27-11-7-8-17(27)13-21-20(22-14-19-25-24-15(3)26(19)4)23-16-9-10-18(12-16)28-6-2;/h16-18H,5-14H2,1-4H3,(H2,21,22,23);1H. The molecule has 9 heteroatoms. The molecule has 1 aliphatic carbocycles. The number of aliphatic imine (C=N–C) groups is 1. The quantitative estimate of drug-likeness (QED) is 0.303. The minimum absolute atomic E-state index is 0.